The van der Waals surface area contributed by atoms with Crippen molar-refractivity contribution in [3.8, 4) is 0 Å². The number of carbonyl (C=O) groups is 1. The predicted molar refractivity (Wildman–Crippen MR) is 78.0 cm³/mol. The molecule has 1 atom stereocenters. The zero-order valence-corrected chi connectivity index (χ0v) is 12.5. The summed E-state index contributed by atoms with van der Waals surface area (Å²) in [4.78, 5) is 20.6. The van der Waals surface area contributed by atoms with Gasteiger partial charge in [0.05, 0.1) is 16.4 Å². The van der Waals surface area contributed by atoms with Crippen LogP contribution in [0.3, 0.4) is 0 Å². The monoisotopic (exact) mass is 291 g/mol. The maximum Gasteiger partial charge on any atom is 0.354 e. The molecule has 0 fully saturated rings. The largest absolute Gasteiger partial charge is 0.477 e. The molecule has 0 saturated heterocycles. The Morgan fingerprint density at radius 1 is 1.40 bits per heavy atom. The van der Waals surface area contributed by atoms with E-state index in [0.717, 1.165) is 16.4 Å². The maximum atomic E-state index is 10.9. The van der Waals surface area contributed by atoms with Crippen LogP contribution in [-0.4, -0.2) is 21.0 Å². The lowest BCUT2D eigenvalue weighted by molar-refractivity contribution is 0.0690. The normalized spacial score (nSPS) is 12.3. The van der Waals surface area contributed by atoms with Crippen LogP contribution in [0.5, 0.6) is 0 Å². The van der Waals surface area contributed by atoms with Gasteiger partial charge in [-0.25, -0.2) is 14.8 Å². The lowest BCUT2D eigenvalue weighted by Crippen LogP contribution is -2.19. The Morgan fingerprint density at radius 2 is 2.15 bits per heavy atom. The molecule has 2 heterocycles. The van der Waals surface area contributed by atoms with Crippen molar-refractivity contribution in [1.82, 2.24) is 15.3 Å². The Morgan fingerprint density at radius 3 is 2.75 bits per heavy atom. The first kappa shape index (κ1) is 14.6. The molecule has 0 saturated carbocycles. The summed E-state index contributed by atoms with van der Waals surface area (Å²) in [6, 6.07) is 5.18. The summed E-state index contributed by atoms with van der Waals surface area (Å²) in [5.74, 6) is -1.01. The molecule has 5 nitrogen and oxygen atoms in total. The molecule has 106 valence electrons. The highest BCUT2D eigenvalue weighted by atomic mass is 32.1. The third-order valence-corrected chi connectivity index (χ3v) is 4.20. The van der Waals surface area contributed by atoms with Crippen LogP contribution < -0.4 is 5.32 Å². The Bertz CT molecular complexity index is 625. The highest BCUT2D eigenvalue weighted by molar-refractivity contribution is 7.11. The van der Waals surface area contributed by atoms with Gasteiger partial charge in [0.1, 0.15) is 5.69 Å². The molecule has 0 aliphatic carbocycles. The van der Waals surface area contributed by atoms with Crippen LogP contribution in [0.25, 0.3) is 0 Å². The number of nitrogens with zero attached hydrogens (tertiary/aromatic N) is 2. The van der Waals surface area contributed by atoms with Crippen molar-refractivity contribution in [2.45, 2.75) is 33.4 Å². The van der Waals surface area contributed by atoms with Gasteiger partial charge in [0.2, 0.25) is 0 Å². The summed E-state index contributed by atoms with van der Waals surface area (Å²) in [5.41, 5.74) is 1.83. The number of aromatic nitrogens is 2. The van der Waals surface area contributed by atoms with Crippen LogP contribution in [0, 0.1) is 13.8 Å². The Labute approximate surface area is 121 Å². The molecule has 2 rings (SSSR count). The van der Waals surface area contributed by atoms with Gasteiger partial charge in [-0.3, -0.25) is 0 Å². The minimum Gasteiger partial charge on any atom is -0.477 e. The van der Waals surface area contributed by atoms with Gasteiger partial charge in [0, 0.05) is 17.5 Å². The van der Waals surface area contributed by atoms with Crippen molar-refractivity contribution in [3.63, 3.8) is 0 Å². The van der Waals surface area contributed by atoms with Crippen molar-refractivity contribution in [2.75, 3.05) is 0 Å². The molecule has 2 aromatic rings. The fourth-order valence-electron chi connectivity index (χ4n) is 2.00. The van der Waals surface area contributed by atoms with E-state index in [1.54, 1.807) is 17.4 Å². The number of carboxylic acids is 1. The summed E-state index contributed by atoms with van der Waals surface area (Å²) in [7, 11) is 0. The lowest BCUT2D eigenvalue weighted by atomic mass is 10.2. The zero-order chi connectivity index (χ0) is 14.7. The van der Waals surface area contributed by atoms with Crippen molar-refractivity contribution < 1.29 is 9.90 Å². The quantitative estimate of drug-likeness (QED) is 0.886. The van der Waals surface area contributed by atoms with E-state index in [1.165, 1.54) is 10.9 Å². The zero-order valence-electron chi connectivity index (χ0n) is 11.7. The second kappa shape index (κ2) is 6.11. The van der Waals surface area contributed by atoms with Crippen molar-refractivity contribution in [3.05, 3.63) is 45.2 Å². The average molecular weight is 291 g/mol. The van der Waals surface area contributed by atoms with Crippen molar-refractivity contribution in [1.29, 1.82) is 0 Å². The van der Waals surface area contributed by atoms with Gasteiger partial charge in [-0.05, 0) is 32.9 Å². The van der Waals surface area contributed by atoms with Crippen LogP contribution in [-0.2, 0) is 6.54 Å². The van der Waals surface area contributed by atoms with E-state index in [4.69, 9.17) is 5.11 Å². The number of thiazole rings is 1. The first-order valence-electron chi connectivity index (χ1n) is 6.34. The topological polar surface area (TPSA) is 75.1 Å². The van der Waals surface area contributed by atoms with Gasteiger partial charge in [-0.1, -0.05) is 6.07 Å². The summed E-state index contributed by atoms with van der Waals surface area (Å²) in [5, 5.41) is 13.3. The first-order valence-corrected chi connectivity index (χ1v) is 7.15. The molecule has 0 aromatic carbocycles. The molecule has 2 aromatic heterocycles. The number of aromatic carboxylic acids is 1. The maximum absolute atomic E-state index is 10.9. The number of nitrogens with one attached hydrogen (secondary N) is 1. The molecule has 6 heteroatoms. The van der Waals surface area contributed by atoms with Crippen LogP contribution in [0.2, 0.25) is 0 Å². The fraction of sp³-hybridized carbons (Fsp3) is 0.357. The first-order chi connectivity index (χ1) is 9.47. The number of carboxylic acid groups (broad SMARTS) is 1. The fourth-order valence-corrected chi connectivity index (χ4v) is 2.95. The SMILES string of the molecule is Cc1nc(C)c(C(C)NCc2cccc(C(=O)O)n2)s1. The average Bonchev–Trinajstić information content (AvgIpc) is 2.75. The molecule has 0 aliphatic heterocycles. The van der Waals surface area contributed by atoms with E-state index in [9.17, 15) is 4.79 Å². The Kier molecular flexibility index (Phi) is 4.46. The van der Waals surface area contributed by atoms with Gasteiger partial charge < -0.3 is 10.4 Å². The van der Waals surface area contributed by atoms with Crippen LogP contribution in [0.15, 0.2) is 18.2 Å². The standard InChI is InChI=1S/C14H17N3O2S/c1-8(13-9(2)16-10(3)20-13)15-7-11-5-4-6-12(17-11)14(18)19/h4-6,8,15H,7H2,1-3H3,(H,18,19). The molecular weight excluding hydrogens is 274 g/mol. The summed E-state index contributed by atoms with van der Waals surface area (Å²) < 4.78 is 0. The highest BCUT2D eigenvalue weighted by Crippen LogP contribution is 2.24. The Balaban J connectivity index is 2.03. The third-order valence-electron chi connectivity index (χ3n) is 2.95. The number of hydrogen-bond donors (Lipinski definition) is 2. The van der Waals surface area contributed by atoms with Gasteiger partial charge in [0.15, 0.2) is 0 Å². The Hall–Kier alpha value is -1.79. The minimum absolute atomic E-state index is 0.0711. The molecule has 0 bridgehead atoms. The lowest BCUT2D eigenvalue weighted by Gasteiger charge is -2.12. The molecule has 0 radical (unpaired) electrons. The molecule has 2 N–H and O–H groups in total. The van der Waals surface area contributed by atoms with E-state index in [2.05, 4.69) is 22.2 Å². The van der Waals surface area contributed by atoms with Gasteiger partial charge in [-0.15, -0.1) is 11.3 Å². The smallest absolute Gasteiger partial charge is 0.354 e. The molecule has 0 aliphatic rings. The second-order valence-corrected chi connectivity index (χ2v) is 5.84. The second-order valence-electron chi connectivity index (χ2n) is 4.60. The highest BCUT2D eigenvalue weighted by Gasteiger charge is 2.13. The molecular formula is C14H17N3O2S. The van der Waals surface area contributed by atoms with E-state index < -0.39 is 5.97 Å². The summed E-state index contributed by atoms with van der Waals surface area (Å²) >= 11 is 1.68. The predicted octanol–water partition coefficient (Wildman–Crippen LogP) is 2.70. The minimum atomic E-state index is -1.01. The van der Waals surface area contributed by atoms with E-state index in [1.807, 2.05) is 19.9 Å². The van der Waals surface area contributed by atoms with E-state index >= 15 is 0 Å². The van der Waals surface area contributed by atoms with Gasteiger partial charge in [-0.2, -0.15) is 0 Å². The molecule has 0 amide bonds. The molecule has 0 spiro atoms. The molecule has 20 heavy (non-hydrogen) atoms. The van der Waals surface area contributed by atoms with Crippen LogP contribution in [0.1, 0.15) is 44.7 Å². The summed E-state index contributed by atoms with van der Waals surface area (Å²) in [6.07, 6.45) is 0. The van der Waals surface area contributed by atoms with E-state index in [-0.39, 0.29) is 11.7 Å². The van der Waals surface area contributed by atoms with Crippen LogP contribution >= 0.6 is 11.3 Å². The number of pyridine rings is 1. The number of hydrogen-bond acceptors (Lipinski definition) is 5. The van der Waals surface area contributed by atoms with Crippen molar-refractivity contribution >= 4 is 17.3 Å². The summed E-state index contributed by atoms with van der Waals surface area (Å²) in [6.45, 7) is 6.59. The van der Waals surface area contributed by atoms with Gasteiger partial charge in [0.25, 0.3) is 0 Å². The van der Waals surface area contributed by atoms with Crippen molar-refractivity contribution in [2.24, 2.45) is 0 Å². The number of aryl methyl sites for hydroxylation is 2. The van der Waals surface area contributed by atoms with E-state index in [0.29, 0.717) is 6.54 Å². The van der Waals surface area contributed by atoms with Gasteiger partial charge >= 0.3 is 5.97 Å². The molecule has 1 unspecified atom stereocenters. The third kappa shape index (κ3) is 3.40. The van der Waals surface area contributed by atoms with Crippen LogP contribution in [0.4, 0.5) is 0 Å². The number of rotatable bonds is 5.